The molecular weight excluding hydrogens is 296 g/mol. The fraction of sp³-hybridized carbons (Fsp3) is 0.583. The van der Waals surface area contributed by atoms with Crippen LogP contribution >= 0.6 is 15.9 Å². The Morgan fingerprint density at radius 3 is 2.78 bits per heavy atom. The van der Waals surface area contributed by atoms with Gasteiger partial charge in [-0.15, -0.1) is 0 Å². The SMILES string of the molecule is CC(Nc1cc(Br)ncn1)C(=O)N1CCCCC1. The number of carbonyl (C=O) groups excluding carboxylic acids is 1. The molecule has 1 atom stereocenters. The van der Waals surface area contributed by atoms with Crippen molar-refractivity contribution in [1.82, 2.24) is 14.9 Å². The molecule has 6 heteroatoms. The summed E-state index contributed by atoms with van der Waals surface area (Å²) in [5.74, 6) is 0.805. The fourth-order valence-corrected chi connectivity index (χ4v) is 2.39. The van der Waals surface area contributed by atoms with Gasteiger partial charge in [-0.3, -0.25) is 4.79 Å². The van der Waals surface area contributed by atoms with Crippen molar-refractivity contribution in [2.45, 2.75) is 32.2 Å². The highest BCUT2D eigenvalue weighted by atomic mass is 79.9. The second kappa shape index (κ2) is 6.13. The van der Waals surface area contributed by atoms with Crippen LogP contribution in [0, 0.1) is 0 Å². The molecule has 1 aromatic heterocycles. The predicted molar refractivity (Wildman–Crippen MR) is 73.2 cm³/mol. The minimum Gasteiger partial charge on any atom is -0.358 e. The Bertz CT molecular complexity index is 420. The first-order valence-electron chi connectivity index (χ1n) is 6.19. The van der Waals surface area contributed by atoms with Gasteiger partial charge in [-0.05, 0) is 42.1 Å². The Hall–Kier alpha value is -1.17. The normalized spacial score (nSPS) is 17.3. The molecule has 0 saturated carbocycles. The van der Waals surface area contributed by atoms with E-state index in [0.29, 0.717) is 10.4 Å². The molecule has 1 unspecified atom stereocenters. The number of halogens is 1. The van der Waals surface area contributed by atoms with Gasteiger partial charge in [-0.1, -0.05) is 0 Å². The number of likely N-dealkylation sites (tertiary alicyclic amines) is 1. The zero-order chi connectivity index (χ0) is 13.0. The van der Waals surface area contributed by atoms with E-state index in [-0.39, 0.29) is 11.9 Å². The molecule has 0 aliphatic carbocycles. The quantitative estimate of drug-likeness (QED) is 0.868. The average molecular weight is 313 g/mol. The van der Waals surface area contributed by atoms with Gasteiger partial charge in [-0.2, -0.15) is 0 Å². The fourth-order valence-electron chi connectivity index (χ4n) is 2.08. The number of amides is 1. The number of rotatable bonds is 3. The van der Waals surface area contributed by atoms with E-state index in [1.807, 2.05) is 11.8 Å². The molecule has 2 heterocycles. The molecule has 2 rings (SSSR count). The van der Waals surface area contributed by atoms with E-state index < -0.39 is 0 Å². The molecule has 0 bridgehead atoms. The number of nitrogens with zero attached hydrogens (tertiary/aromatic N) is 3. The highest BCUT2D eigenvalue weighted by Gasteiger charge is 2.22. The monoisotopic (exact) mass is 312 g/mol. The Labute approximate surface area is 115 Å². The van der Waals surface area contributed by atoms with Gasteiger partial charge < -0.3 is 10.2 Å². The summed E-state index contributed by atoms with van der Waals surface area (Å²) < 4.78 is 0.706. The summed E-state index contributed by atoms with van der Waals surface area (Å²) in [7, 11) is 0. The van der Waals surface area contributed by atoms with E-state index in [9.17, 15) is 4.79 Å². The van der Waals surface area contributed by atoms with Crippen molar-refractivity contribution in [3.05, 3.63) is 17.0 Å². The van der Waals surface area contributed by atoms with Crippen molar-refractivity contribution in [3.63, 3.8) is 0 Å². The number of nitrogens with one attached hydrogen (secondary N) is 1. The van der Waals surface area contributed by atoms with Crippen molar-refractivity contribution in [3.8, 4) is 0 Å². The van der Waals surface area contributed by atoms with Crippen LogP contribution < -0.4 is 5.32 Å². The zero-order valence-corrected chi connectivity index (χ0v) is 12.0. The lowest BCUT2D eigenvalue weighted by Crippen LogP contribution is -2.44. The molecule has 1 aliphatic heterocycles. The summed E-state index contributed by atoms with van der Waals surface area (Å²) in [5, 5.41) is 3.11. The second-order valence-electron chi connectivity index (χ2n) is 4.48. The van der Waals surface area contributed by atoms with E-state index in [2.05, 4.69) is 31.2 Å². The van der Waals surface area contributed by atoms with Crippen LogP contribution in [0.4, 0.5) is 5.82 Å². The standard InChI is InChI=1S/C12H17BrN4O/c1-9(12(18)17-5-3-2-4-6-17)16-11-7-10(13)14-8-15-11/h7-9H,2-6H2,1H3,(H,14,15,16). The number of hydrogen-bond acceptors (Lipinski definition) is 4. The second-order valence-corrected chi connectivity index (χ2v) is 5.29. The molecule has 0 aromatic carbocycles. The third-order valence-electron chi connectivity index (χ3n) is 3.04. The van der Waals surface area contributed by atoms with Crippen molar-refractivity contribution < 1.29 is 4.79 Å². The molecule has 5 nitrogen and oxygen atoms in total. The molecule has 1 saturated heterocycles. The van der Waals surface area contributed by atoms with Gasteiger partial charge in [-0.25, -0.2) is 9.97 Å². The molecule has 1 aromatic rings. The summed E-state index contributed by atoms with van der Waals surface area (Å²) in [6.07, 6.45) is 4.91. The molecule has 0 spiro atoms. The maximum atomic E-state index is 12.2. The largest absolute Gasteiger partial charge is 0.358 e. The molecule has 1 aliphatic rings. The first kappa shape index (κ1) is 13.3. The Balaban J connectivity index is 1.94. The van der Waals surface area contributed by atoms with Gasteiger partial charge in [0.1, 0.15) is 22.8 Å². The number of carbonyl (C=O) groups is 1. The lowest BCUT2D eigenvalue weighted by atomic mass is 10.1. The topological polar surface area (TPSA) is 58.1 Å². The van der Waals surface area contributed by atoms with E-state index in [0.717, 1.165) is 25.9 Å². The third kappa shape index (κ3) is 3.41. The van der Waals surface area contributed by atoms with Gasteiger partial charge in [0.05, 0.1) is 0 Å². The van der Waals surface area contributed by atoms with Crippen LogP contribution in [0.2, 0.25) is 0 Å². The third-order valence-corrected chi connectivity index (χ3v) is 3.47. The van der Waals surface area contributed by atoms with Crippen molar-refractivity contribution >= 4 is 27.7 Å². The van der Waals surface area contributed by atoms with Gasteiger partial charge in [0, 0.05) is 19.2 Å². The minimum absolute atomic E-state index is 0.143. The first-order valence-corrected chi connectivity index (χ1v) is 6.99. The van der Waals surface area contributed by atoms with Gasteiger partial charge in [0.2, 0.25) is 5.91 Å². The Morgan fingerprint density at radius 2 is 2.11 bits per heavy atom. The number of anilines is 1. The predicted octanol–water partition coefficient (Wildman–Crippen LogP) is 2.05. The summed E-state index contributed by atoms with van der Waals surface area (Å²) in [6.45, 7) is 3.61. The maximum absolute atomic E-state index is 12.2. The van der Waals surface area contributed by atoms with Crippen LogP contribution in [0.3, 0.4) is 0 Å². The lowest BCUT2D eigenvalue weighted by molar-refractivity contribution is -0.132. The van der Waals surface area contributed by atoms with Crippen LogP contribution in [0.5, 0.6) is 0 Å². The van der Waals surface area contributed by atoms with Crippen LogP contribution in [0.25, 0.3) is 0 Å². The van der Waals surface area contributed by atoms with Crippen LogP contribution in [-0.4, -0.2) is 39.9 Å². The van der Waals surface area contributed by atoms with E-state index in [1.54, 1.807) is 6.07 Å². The van der Waals surface area contributed by atoms with Crippen molar-refractivity contribution in [2.75, 3.05) is 18.4 Å². The van der Waals surface area contributed by atoms with Crippen LogP contribution in [0.15, 0.2) is 17.0 Å². The average Bonchev–Trinajstić information content (AvgIpc) is 2.39. The number of hydrogen-bond donors (Lipinski definition) is 1. The van der Waals surface area contributed by atoms with E-state index in [4.69, 9.17) is 0 Å². The summed E-state index contributed by atoms with van der Waals surface area (Å²) in [6, 6.07) is 1.50. The molecule has 98 valence electrons. The van der Waals surface area contributed by atoms with Crippen LogP contribution in [-0.2, 0) is 4.79 Å². The summed E-state index contributed by atoms with van der Waals surface area (Å²) >= 11 is 3.28. The Kier molecular flexibility index (Phi) is 4.52. The highest BCUT2D eigenvalue weighted by Crippen LogP contribution is 2.13. The first-order chi connectivity index (χ1) is 8.66. The number of piperidine rings is 1. The maximum Gasteiger partial charge on any atom is 0.244 e. The lowest BCUT2D eigenvalue weighted by Gasteiger charge is -2.29. The minimum atomic E-state index is -0.259. The summed E-state index contributed by atoms with van der Waals surface area (Å²) in [5.41, 5.74) is 0. The number of aromatic nitrogens is 2. The molecule has 1 fully saturated rings. The molecular formula is C12H17BrN4O. The van der Waals surface area contributed by atoms with E-state index in [1.165, 1.54) is 12.7 Å². The van der Waals surface area contributed by atoms with Crippen molar-refractivity contribution in [1.29, 1.82) is 0 Å². The van der Waals surface area contributed by atoms with E-state index >= 15 is 0 Å². The van der Waals surface area contributed by atoms with Crippen molar-refractivity contribution in [2.24, 2.45) is 0 Å². The molecule has 1 amide bonds. The Morgan fingerprint density at radius 1 is 1.39 bits per heavy atom. The molecule has 0 radical (unpaired) electrons. The summed E-state index contributed by atoms with van der Waals surface area (Å²) in [4.78, 5) is 22.2. The smallest absolute Gasteiger partial charge is 0.244 e. The molecule has 1 N–H and O–H groups in total. The van der Waals surface area contributed by atoms with Gasteiger partial charge in [0.25, 0.3) is 0 Å². The van der Waals surface area contributed by atoms with Crippen LogP contribution in [0.1, 0.15) is 26.2 Å². The highest BCUT2D eigenvalue weighted by molar-refractivity contribution is 9.10. The van der Waals surface area contributed by atoms with Gasteiger partial charge >= 0.3 is 0 Å². The zero-order valence-electron chi connectivity index (χ0n) is 10.4. The van der Waals surface area contributed by atoms with Gasteiger partial charge in [0.15, 0.2) is 0 Å². The molecule has 18 heavy (non-hydrogen) atoms.